The molecule has 7 heteroatoms. The van der Waals surface area contributed by atoms with Crippen LogP contribution in [0.1, 0.15) is 42.7 Å². The van der Waals surface area contributed by atoms with Gasteiger partial charge in [-0.3, -0.25) is 0 Å². The molecule has 3 aliphatic rings. The molecule has 156 valence electrons. The topological polar surface area (TPSA) is 83.3 Å². The van der Waals surface area contributed by atoms with Gasteiger partial charge in [-0.05, 0) is 61.4 Å². The summed E-state index contributed by atoms with van der Waals surface area (Å²) < 4.78 is 11.3. The number of pyridine rings is 2. The van der Waals surface area contributed by atoms with Crippen molar-refractivity contribution in [3.05, 3.63) is 41.6 Å². The van der Waals surface area contributed by atoms with E-state index in [-0.39, 0.29) is 5.41 Å². The highest BCUT2D eigenvalue weighted by Crippen LogP contribution is 2.41. The van der Waals surface area contributed by atoms with Crippen LogP contribution in [0.3, 0.4) is 0 Å². The number of anilines is 3. The smallest absolute Gasteiger partial charge is 0.134 e. The summed E-state index contributed by atoms with van der Waals surface area (Å²) in [4.78, 5) is 11.7. The number of hydrogen-bond acceptors (Lipinski definition) is 7. The summed E-state index contributed by atoms with van der Waals surface area (Å²) in [6, 6.07) is 10.0. The van der Waals surface area contributed by atoms with Crippen LogP contribution in [0.25, 0.3) is 0 Å². The van der Waals surface area contributed by atoms with Crippen molar-refractivity contribution in [2.75, 3.05) is 49.7 Å². The van der Waals surface area contributed by atoms with Crippen LogP contribution in [0.2, 0.25) is 0 Å². The molecule has 0 radical (unpaired) electrons. The van der Waals surface area contributed by atoms with Crippen LogP contribution in [-0.2, 0) is 9.47 Å². The van der Waals surface area contributed by atoms with Gasteiger partial charge in [0, 0.05) is 44.5 Å². The molecule has 0 saturated carbocycles. The molecule has 0 amide bonds. The minimum absolute atomic E-state index is 0.284. The standard InChI is InChI=1S/C23H27N5O2/c24-14-17-1-6-25-20(11-17)26-21-12-19(18-2-8-29-9-3-18)13-22(27-21)28-7-4-23(15-28)5-10-30-16-23/h1,6,11-13,18H,2-5,7-10,15-16H2,(H,25,26,27). The van der Waals surface area contributed by atoms with E-state index < -0.39 is 0 Å². The molecule has 2 aromatic heterocycles. The van der Waals surface area contributed by atoms with E-state index in [9.17, 15) is 5.26 Å². The molecule has 0 aliphatic carbocycles. The number of rotatable bonds is 4. The lowest BCUT2D eigenvalue weighted by Crippen LogP contribution is -2.28. The summed E-state index contributed by atoms with van der Waals surface area (Å²) in [6.07, 6.45) is 6.00. The molecule has 3 fully saturated rings. The predicted molar refractivity (Wildman–Crippen MR) is 114 cm³/mol. The Bertz CT molecular complexity index is 945. The van der Waals surface area contributed by atoms with Gasteiger partial charge in [-0.25, -0.2) is 9.97 Å². The SMILES string of the molecule is N#Cc1ccnc(Nc2cc(C3CCOCC3)cc(N3CCC4(CCOC4)C3)n2)c1. The van der Waals surface area contributed by atoms with Gasteiger partial charge in [0.1, 0.15) is 17.5 Å². The second-order valence-electron chi connectivity index (χ2n) is 8.67. The zero-order chi connectivity index (χ0) is 20.4. The summed E-state index contributed by atoms with van der Waals surface area (Å²) in [6.45, 7) is 5.35. The highest BCUT2D eigenvalue weighted by atomic mass is 16.5. The highest BCUT2D eigenvalue weighted by molar-refractivity contribution is 5.59. The number of aromatic nitrogens is 2. The summed E-state index contributed by atoms with van der Waals surface area (Å²) in [5.74, 6) is 2.91. The molecule has 3 saturated heterocycles. The Balaban J connectivity index is 1.45. The first-order valence-corrected chi connectivity index (χ1v) is 10.8. The van der Waals surface area contributed by atoms with Crippen molar-refractivity contribution in [2.45, 2.75) is 31.6 Å². The van der Waals surface area contributed by atoms with E-state index in [1.807, 2.05) is 0 Å². The molecular weight excluding hydrogens is 378 g/mol. The first-order valence-electron chi connectivity index (χ1n) is 10.8. The van der Waals surface area contributed by atoms with Crippen LogP contribution < -0.4 is 10.2 Å². The average Bonchev–Trinajstić information content (AvgIpc) is 3.44. The summed E-state index contributed by atoms with van der Waals surface area (Å²) in [5.41, 5.74) is 2.16. The van der Waals surface area contributed by atoms with Gasteiger partial charge in [-0.1, -0.05) is 0 Å². The number of nitriles is 1. The molecule has 1 atom stereocenters. The molecular formula is C23H27N5O2. The van der Waals surface area contributed by atoms with Crippen LogP contribution >= 0.6 is 0 Å². The Morgan fingerprint density at radius 1 is 1.10 bits per heavy atom. The molecule has 2 aromatic rings. The molecule has 7 nitrogen and oxygen atoms in total. The fourth-order valence-corrected chi connectivity index (χ4v) is 4.83. The van der Waals surface area contributed by atoms with Gasteiger partial charge < -0.3 is 19.7 Å². The normalized spacial score (nSPS) is 24.3. The first kappa shape index (κ1) is 19.3. The summed E-state index contributed by atoms with van der Waals surface area (Å²) >= 11 is 0. The van der Waals surface area contributed by atoms with Crippen LogP contribution in [0.4, 0.5) is 17.5 Å². The molecule has 30 heavy (non-hydrogen) atoms. The van der Waals surface area contributed by atoms with Crippen molar-refractivity contribution in [3.8, 4) is 6.07 Å². The number of hydrogen-bond donors (Lipinski definition) is 1. The van der Waals surface area contributed by atoms with Gasteiger partial charge in [0.2, 0.25) is 0 Å². The largest absolute Gasteiger partial charge is 0.381 e. The zero-order valence-corrected chi connectivity index (χ0v) is 17.1. The van der Waals surface area contributed by atoms with E-state index in [1.54, 1.807) is 18.3 Å². The lowest BCUT2D eigenvalue weighted by atomic mass is 9.87. The fourth-order valence-electron chi connectivity index (χ4n) is 4.83. The van der Waals surface area contributed by atoms with Crippen molar-refractivity contribution >= 4 is 17.5 Å². The monoisotopic (exact) mass is 405 g/mol. The molecule has 1 unspecified atom stereocenters. The van der Waals surface area contributed by atoms with E-state index in [0.29, 0.717) is 17.3 Å². The quantitative estimate of drug-likeness (QED) is 0.832. The van der Waals surface area contributed by atoms with Gasteiger partial charge in [-0.15, -0.1) is 0 Å². The lowest BCUT2D eigenvalue weighted by Gasteiger charge is -2.26. The summed E-state index contributed by atoms with van der Waals surface area (Å²) in [5, 5.41) is 12.5. The van der Waals surface area contributed by atoms with Crippen molar-refractivity contribution < 1.29 is 9.47 Å². The Morgan fingerprint density at radius 2 is 2.00 bits per heavy atom. The number of nitrogens with zero attached hydrogens (tertiary/aromatic N) is 4. The van der Waals surface area contributed by atoms with Crippen LogP contribution in [0.5, 0.6) is 0 Å². The van der Waals surface area contributed by atoms with Gasteiger partial charge in [0.25, 0.3) is 0 Å². The van der Waals surface area contributed by atoms with Gasteiger partial charge >= 0.3 is 0 Å². The second kappa shape index (κ2) is 8.21. The lowest BCUT2D eigenvalue weighted by molar-refractivity contribution is 0.0853. The van der Waals surface area contributed by atoms with Gasteiger partial charge in [0.15, 0.2) is 0 Å². The highest BCUT2D eigenvalue weighted by Gasteiger charge is 2.41. The Hall–Kier alpha value is -2.69. The molecule has 5 heterocycles. The molecule has 0 aromatic carbocycles. The van der Waals surface area contributed by atoms with Crippen molar-refractivity contribution in [2.24, 2.45) is 5.41 Å². The third-order valence-corrected chi connectivity index (χ3v) is 6.62. The van der Waals surface area contributed by atoms with Gasteiger partial charge in [-0.2, -0.15) is 5.26 Å². The Kier molecular flexibility index (Phi) is 5.28. The van der Waals surface area contributed by atoms with Crippen molar-refractivity contribution in [3.63, 3.8) is 0 Å². The second-order valence-corrected chi connectivity index (χ2v) is 8.67. The van der Waals surface area contributed by atoms with Crippen LogP contribution in [-0.4, -0.2) is 49.5 Å². The average molecular weight is 406 g/mol. The number of nitrogens with one attached hydrogen (secondary N) is 1. The van der Waals surface area contributed by atoms with Crippen LogP contribution in [0.15, 0.2) is 30.5 Å². The van der Waals surface area contributed by atoms with E-state index in [1.165, 1.54) is 5.56 Å². The molecule has 0 bridgehead atoms. The fraction of sp³-hybridized carbons (Fsp3) is 0.522. The van der Waals surface area contributed by atoms with Gasteiger partial charge in [0.05, 0.1) is 18.2 Å². The van der Waals surface area contributed by atoms with E-state index in [4.69, 9.17) is 14.5 Å². The van der Waals surface area contributed by atoms with E-state index in [0.717, 1.165) is 76.8 Å². The third-order valence-electron chi connectivity index (χ3n) is 6.62. The third kappa shape index (κ3) is 3.98. The van der Waals surface area contributed by atoms with E-state index in [2.05, 4.69) is 33.4 Å². The maximum atomic E-state index is 9.18. The predicted octanol–water partition coefficient (Wildman–Crippen LogP) is 3.60. The summed E-state index contributed by atoms with van der Waals surface area (Å²) in [7, 11) is 0. The zero-order valence-electron chi connectivity index (χ0n) is 17.1. The Morgan fingerprint density at radius 3 is 2.80 bits per heavy atom. The maximum absolute atomic E-state index is 9.18. The molecule has 1 N–H and O–H groups in total. The van der Waals surface area contributed by atoms with Crippen LogP contribution in [0, 0.1) is 16.7 Å². The first-order chi connectivity index (χ1) is 14.7. The van der Waals surface area contributed by atoms with Crippen molar-refractivity contribution in [1.29, 1.82) is 5.26 Å². The molecule has 3 aliphatic heterocycles. The molecule has 1 spiro atoms. The minimum atomic E-state index is 0.284. The van der Waals surface area contributed by atoms with E-state index >= 15 is 0 Å². The van der Waals surface area contributed by atoms with Crippen molar-refractivity contribution in [1.82, 2.24) is 9.97 Å². The Labute approximate surface area is 177 Å². The maximum Gasteiger partial charge on any atom is 0.134 e. The minimum Gasteiger partial charge on any atom is -0.381 e. The number of ether oxygens (including phenoxy) is 2. The molecule has 5 rings (SSSR count).